The average Bonchev–Trinajstić information content (AvgIpc) is 2.89. The Morgan fingerprint density at radius 2 is 2.05 bits per heavy atom. The van der Waals surface area contributed by atoms with Gasteiger partial charge < -0.3 is 15.0 Å². The molecule has 2 N–H and O–H groups in total. The van der Waals surface area contributed by atoms with E-state index < -0.39 is 0 Å². The summed E-state index contributed by atoms with van der Waals surface area (Å²) in [5.74, 6) is 0. The van der Waals surface area contributed by atoms with Crippen LogP contribution in [0, 0.1) is 6.92 Å². The molecule has 3 rings (SSSR count). The first kappa shape index (κ1) is 14.6. The molecule has 112 valence electrons. The van der Waals surface area contributed by atoms with Crippen LogP contribution < -0.4 is 10.6 Å². The van der Waals surface area contributed by atoms with Gasteiger partial charge in [-0.2, -0.15) is 0 Å². The Hall–Kier alpha value is -2.34. The van der Waals surface area contributed by atoms with Crippen LogP contribution in [0.5, 0.6) is 0 Å². The van der Waals surface area contributed by atoms with Gasteiger partial charge in [0.05, 0.1) is 12.2 Å². The van der Waals surface area contributed by atoms with Crippen LogP contribution in [0.15, 0.2) is 53.3 Å². The first-order valence-corrected chi connectivity index (χ1v) is 7.65. The fourth-order valence-corrected chi connectivity index (χ4v) is 2.79. The van der Waals surface area contributed by atoms with Crippen LogP contribution in [0.2, 0.25) is 0 Å². The molecular formula is C16H15BrN4O. The minimum atomic E-state index is -0.249. The maximum absolute atomic E-state index is 11.9. The lowest BCUT2D eigenvalue weighted by Crippen LogP contribution is -2.28. The number of aromatic nitrogens is 2. The highest BCUT2D eigenvalue weighted by Crippen LogP contribution is 2.17. The van der Waals surface area contributed by atoms with E-state index in [9.17, 15) is 4.79 Å². The molecule has 0 atom stereocenters. The van der Waals surface area contributed by atoms with Crippen molar-refractivity contribution in [3.8, 4) is 0 Å². The van der Waals surface area contributed by atoms with Gasteiger partial charge in [-0.05, 0) is 46.6 Å². The van der Waals surface area contributed by atoms with Gasteiger partial charge in [0.2, 0.25) is 0 Å². The molecule has 2 amide bonds. The summed E-state index contributed by atoms with van der Waals surface area (Å²) in [5.41, 5.74) is 3.54. The molecule has 0 saturated carbocycles. The summed E-state index contributed by atoms with van der Waals surface area (Å²) in [4.78, 5) is 16.4. The van der Waals surface area contributed by atoms with Gasteiger partial charge in [0, 0.05) is 22.6 Å². The smallest absolute Gasteiger partial charge is 0.319 e. The van der Waals surface area contributed by atoms with Crippen LogP contribution in [0.1, 0.15) is 11.3 Å². The number of pyridine rings is 1. The Balaban J connectivity index is 1.66. The highest BCUT2D eigenvalue weighted by Gasteiger charge is 2.07. The third-order valence-corrected chi connectivity index (χ3v) is 3.65. The second kappa shape index (κ2) is 6.19. The molecule has 0 unspecified atom stereocenters. The van der Waals surface area contributed by atoms with Crippen LogP contribution in [0.4, 0.5) is 10.5 Å². The van der Waals surface area contributed by atoms with Crippen molar-refractivity contribution >= 4 is 33.3 Å². The summed E-state index contributed by atoms with van der Waals surface area (Å²) in [6.07, 6.45) is 3.86. The predicted molar refractivity (Wildman–Crippen MR) is 89.9 cm³/mol. The van der Waals surface area contributed by atoms with Crippen LogP contribution >= 0.6 is 15.9 Å². The van der Waals surface area contributed by atoms with Crippen molar-refractivity contribution < 1.29 is 4.79 Å². The molecule has 0 aliphatic rings. The van der Waals surface area contributed by atoms with Crippen molar-refractivity contribution in [1.29, 1.82) is 0 Å². The zero-order valence-electron chi connectivity index (χ0n) is 12.0. The molecule has 0 spiro atoms. The first-order chi connectivity index (χ1) is 10.6. The minimum Gasteiger partial charge on any atom is -0.332 e. The van der Waals surface area contributed by atoms with Gasteiger partial charge in [0.15, 0.2) is 0 Å². The van der Waals surface area contributed by atoms with Crippen LogP contribution in [-0.4, -0.2) is 15.4 Å². The van der Waals surface area contributed by atoms with Crippen molar-refractivity contribution in [3.05, 3.63) is 64.5 Å². The van der Waals surface area contributed by atoms with Gasteiger partial charge in [-0.25, -0.2) is 9.78 Å². The number of carbonyl (C=O) groups excluding carboxylic acids is 1. The molecule has 0 bridgehead atoms. The van der Waals surface area contributed by atoms with Gasteiger partial charge in [0.25, 0.3) is 0 Å². The Bertz CT molecular complexity index is 814. The number of halogens is 1. The normalized spacial score (nSPS) is 10.6. The SMILES string of the molecule is Cc1cc(Br)cn2cc(CNC(=O)Nc3ccccc3)nc12. The monoisotopic (exact) mass is 358 g/mol. The molecule has 3 aromatic rings. The van der Waals surface area contributed by atoms with E-state index in [0.717, 1.165) is 27.1 Å². The van der Waals surface area contributed by atoms with Crippen molar-refractivity contribution in [2.45, 2.75) is 13.5 Å². The molecule has 0 aliphatic heterocycles. The van der Waals surface area contributed by atoms with E-state index in [2.05, 4.69) is 31.5 Å². The lowest BCUT2D eigenvalue weighted by atomic mass is 10.3. The highest BCUT2D eigenvalue weighted by atomic mass is 79.9. The van der Waals surface area contributed by atoms with Crippen molar-refractivity contribution in [2.75, 3.05) is 5.32 Å². The number of rotatable bonds is 3. The topological polar surface area (TPSA) is 58.4 Å². The summed E-state index contributed by atoms with van der Waals surface area (Å²) >= 11 is 3.46. The van der Waals surface area contributed by atoms with E-state index in [0.29, 0.717) is 6.54 Å². The number of nitrogens with zero attached hydrogens (tertiary/aromatic N) is 2. The van der Waals surface area contributed by atoms with Gasteiger partial charge in [0.1, 0.15) is 5.65 Å². The average molecular weight is 359 g/mol. The van der Waals surface area contributed by atoms with Crippen LogP contribution in [0.3, 0.4) is 0 Å². The number of urea groups is 1. The number of imidazole rings is 1. The number of nitrogens with one attached hydrogen (secondary N) is 2. The summed E-state index contributed by atoms with van der Waals surface area (Å²) in [7, 11) is 0. The van der Waals surface area contributed by atoms with Crippen molar-refractivity contribution in [1.82, 2.24) is 14.7 Å². The van der Waals surface area contributed by atoms with Gasteiger partial charge in [-0.3, -0.25) is 0 Å². The van der Waals surface area contributed by atoms with Gasteiger partial charge >= 0.3 is 6.03 Å². The molecule has 2 heterocycles. The number of hydrogen-bond donors (Lipinski definition) is 2. The molecule has 0 aliphatic carbocycles. The number of amides is 2. The first-order valence-electron chi connectivity index (χ1n) is 6.85. The molecule has 0 fully saturated rings. The van der Waals surface area contributed by atoms with Crippen LogP contribution in [0.25, 0.3) is 5.65 Å². The van der Waals surface area contributed by atoms with Crippen molar-refractivity contribution in [3.63, 3.8) is 0 Å². The number of anilines is 1. The van der Waals surface area contributed by atoms with E-state index in [4.69, 9.17) is 0 Å². The quantitative estimate of drug-likeness (QED) is 0.749. The summed E-state index contributed by atoms with van der Waals surface area (Å²) in [6.45, 7) is 2.38. The minimum absolute atomic E-state index is 0.249. The molecule has 0 saturated heterocycles. The lowest BCUT2D eigenvalue weighted by molar-refractivity contribution is 0.251. The third-order valence-electron chi connectivity index (χ3n) is 3.21. The number of fused-ring (bicyclic) bond motifs is 1. The molecule has 0 radical (unpaired) electrons. The Kier molecular flexibility index (Phi) is 4.11. The fourth-order valence-electron chi connectivity index (χ4n) is 2.23. The van der Waals surface area contributed by atoms with E-state index in [-0.39, 0.29) is 6.03 Å². The second-order valence-electron chi connectivity index (χ2n) is 4.98. The summed E-state index contributed by atoms with van der Waals surface area (Å²) in [6, 6.07) is 11.1. The highest BCUT2D eigenvalue weighted by molar-refractivity contribution is 9.10. The third kappa shape index (κ3) is 3.28. The molecular weight excluding hydrogens is 344 g/mol. The molecule has 1 aromatic carbocycles. The maximum Gasteiger partial charge on any atom is 0.319 e. The zero-order chi connectivity index (χ0) is 15.5. The summed E-state index contributed by atoms with van der Waals surface area (Å²) < 4.78 is 2.95. The number of para-hydroxylation sites is 1. The predicted octanol–water partition coefficient (Wildman–Crippen LogP) is 3.73. The van der Waals surface area contributed by atoms with E-state index >= 15 is 0 Å². The van der Waals surface area contributed by atoms with E-state index in [1.54, 1.807) is 0 Å². The lowest BCUT2D eigenvalue weighted by Gasteiger charge is -2.05. The zero-order valence-corrected chi connectivity index (χ0v) is 13.6. The van der Waals surface area contributed by atoms with Crippen molar-refractivity contribution in [2.24, 2.45) is 0 Å². The Morgan fingerprint density at radius 1 is 1.27 bits per heavy atom. The summed E-state index contributed by atoms with van der Waals surface area (Å²) in [5, 5.41) is 5.58. The van der Waals surface area contributed by atoms with Gasteiger partial charge in [-0.1, -0.05) is 18.2 Å². The molecule has 5 nitrogen and oxygen atoms in total. The number of benzene rings is 1. The Morgan fingerprint density at radius 3 is 2.82 bits per heavy atom. The Labute approximate surface area is 136 Å². The molecule has 6 heteroatoms. The number of carbonyl (C=O) groups is 1. The van der Waals surface area contributed by atoms with E-state index in [1.165, 1.54) is 0 Å². The number of aryl methyl sites for hydroxylation is 1. The second-order valence-corrected chi connectivity index (χ2v) is 5.89. The molecule has 2 aromatic heterocycles. The van der Waals surface area contributed by atoms with E-state index in [1.807, 2.05) is 60.1 Å². The maximum atomic E-state index is 11.9. The van der Waals surface area contributed by atoms with Crippen LogP contribution in [-0.2, 0) is 6.54 Å². The molecule has 22 heavy (non-hydrogen) atoms. The standard InChI is InChI=1S/C16H15BrN4O/c1-11-7-12(17)9-21-10-14(19-15(11)21)8-18-16(22)20-13-5-3-2-4-6-13/h2-7,9-10H,8H2,1H3,(H2,18,20,22). The number of hydrogen-bond acceptors (Lipinski definition) is 2. The largest absolute Gasteiger partial charge is 0.332 e. The van der Waals surface area contributed by atoms with Gasteiger partial charge in [-0.15, -0.1) is 0 Å². The fraction of sp³-hybridized carbons (Fsp3) is 0.125.